The summed E-state index contributed by atoms with van der Waals surface area (Å²) in [6.45, 7) is 1.93. The number of benzene rings is 2. The fourth-order valence-corrected chi connectivity index (χ4v) is 4.92. The summed E-state index contributed by atoms with van der Waals surface area (Å²) in [6.07, 6.45) is 3.41. The molecule has 160 valence electrons. The molecule has 0 bridgehead atoms. The summed E-state index contributed by atoms with van der Waals surface area (Å²) in [4.78, 5) is 20.5. The number of aromatic nitrogens is 2. The minimum atomic E-state index is -3.24. The zero-order chi connectivity index (χ0) is 22.2. The van der Waals surface area contributed by atoms with Crippen LogP contribution in [0.15, 0.2) is 71.1 Å². The van der Waals surface area contributed by atoms with Crippen LogP contribution in [0.4, 0.5) is 0 Å². The second kappa shape index (κ2) is 8.28. The van der Waals surface area contributed by atoms with Gasteiger partial charge in [0.1, 0.15) is 0 Å². The SMILES string of the molecule is CC(c1ccc(S(C)(=O)=O)cc1)N(C)C(=O)Cc1csc2nc(-c3ccccc3)cn12. The van der Waals surface area contributed by atoms with E-state index in [-0.39, 0.29) is 23.3 Å². The fourth-order valence-electron chi connectivity index (χ4n) is 3.42. The van der Waals surface area contributed by atoms with Gasteiger partial charge in [-0.3, -0.25) is 9.20 Å². The number of hydrogen-bond acceptors (Lipinski definition) is 5. The summed E-state index contributed by atoms with van der Waals surface area (Å²) in [7, 11) is -1.47. The van der Waals surface area contributed by atoms with Gasteiger partial charge in [0.05, 0.1) is 23.1 Å². The van der Waals surface area contributed by atoms with Crippen LogP contribution in [0, 0.1) is 0 Å². The molecule has 0 spiro atoms. The zero-order valence-corrected chi connectivity index (χ0v) is 19.2. The lowest BCUT2D eigenvalue weighted by molar-refractivity contribution is -0.131. The number of amides is 1. The Bertz CT molecular complexity index is 1320. The maximum atomic E-state index is 13.0. The second-order valence-electron chi connectivity index (χ2n) is 7.57. The van der Waals surface area contributed by atoms with Gasteiger partial charge in [-0.2, -0.15) is 0 Å². The molecule has 2 heterocycles. The van der Waals surface area contributed by atoms with Gasteiger partial charge in [-0.25, -0.2) is 13.4 Å². The van der Waals surface area contributed by atoms with Crippen molar-refractivity contribution in [1.29, 1.82) is 0 Å². The van der Waals surface area contributed by atoms with Gasteiger partial charge in [0.15, 0.2) is 14.8 Å². The summed E-state index contributed by atoms with van der Waals surface area (Å²) < 4.78 is 25.3. The molecule has 31 heavy (non-hydrogen) atoms. The van der Waals surface area contributed by atoms with Crippen molar-refractivity contribution in [3.8, 4) is 11.3 Å². The molecule has 4 rings (SSSR count). The van der Waals surface area contributed by atoms with Crippen LogP contribution in [0.25, 0.3) is 16.2 Å². The van der Waals surface area contributed by atoms with E-state index < -0.39 is 9.84 Å². The molecule has 0 aliphatic heterocycles. The zero-order valence-electron chi connectivity index (χ0n) is 17.5. The van der Waals surface area contributed by atoms with Crippen LogP contribution in [0.2, 0.25) is 0 Å². The smallest absolute Gasteiger partial charge is 0.228 e. The van der Waals surface area contributed by atoms with Crippen molar-refractivity contribution in [3.05, 3.63) is 77.4 Å². The van der Waals surface area contributed by atoms with Crippen molar-refractivity contribution in [2.45, 2.75) is 24.3 Å². The van der Waals surface area contributed by atoms with E-state index >= 15 is 0 Å². The van der Waals surface area contributed by atoms with Crippen molar-refractivity contribution in [2.75, 3.05) is 13.3 Å². The predicted octanol–water partition coefficient (Wildman–Crippen LogP) is 4.23. The van der Waals surface area contributed by atoms with Gasteiger partial charge in [0.25, 0.3) is 0 Å². The van der Waals surface area contributed by atoms with E-state index in [1.165, 1.54) is 17.6 Å². The van der Waals surface area contributed by atoms with E-state index in [2.05, 4.69) is 4.98 Å². The molecule has 2 aromatic heterocycles. The van der Waals surface area contributed by atoms with Crippen LogP contribution in [0.5, 0.6) is 0 Å². The third-order valence-corrected chi connectivity index (χ3v) is 7.47. The topological polar surface area (TPSA) is 71.8 Å². The van der Waals surface area contributed by atoms with Gasteiger partial charge < -0.3 is 4.90 Å². The normalized spacial score (nSPS) is 12.7. The standard InChI is InChI=1S/C23H23N3O3S2/c1-16(17-9-11-20(12-10-17)31(3,28)29)25(2)22(27)13-19-15-30-23-24-21(14-26(19)23)18-7-5-4-6-8-18/h4-12,14-16H,13H2,1-3H3. The molecule has 1 atom stereocenters. The summed E-state index contributed by atoms with van der Waals surface area (Å²) in [5, 5.41) is 1.97. The van der Waals surface area contributed by atoms with Crippen molar-refractivity contribution in [1.82, 2.24) is 14.3 Å². The molecule has 0 saturated heterocycles. The Kier molecular flexibility index (Phi) is 5.68. The number of hydrogen-bond donors (Lipinski definition) is 0. The molecule has 0 aliphatic rings. The van der Waals surface area contributed by atoms with E-state index in [1.54, 1.807) is 36.2 Å². The quantitative estimate of drug-likeness (QED) is 0.438. The molecular weight excluding hydrogens is 430 g/mol. The van der Waals surface area contributed by atoms with E-state index in [1.807, 2.05) is 53.2 Å². The third kappa shape index (κ3) is 4.40. The highest BCUT2D eigenvalue weighted by molar-refractivity contribution is 7.90. The molecule has 6 nitrogen and oxygen atoms in total. The number of likely N-dealkylation sites (N-methyl/N-ethyl adjacent to an activating group) is 1. The highest BCUT2D eigenvalue weighted by Gasteiger charge is 2.20. The average Bonchev–Trinajstić information content (AvgIpc) is 3.35. The Balaban J connectivity index is 1.51. The number of imidazole rings is 1. The van der Waals surface area contributed by atoms with E-state index in [0.29, 0.717) is 0 Å². The summed E-state index contributed by atoms with van der Waals surface area (Å²) in [5.41, 5.74) is 3.70. The second-order valence-corrected chi connectivity index (χ2v) is 10.4. The highest BCUT2D eigenvalue weighted by atomic mass is 32.2. The molecule has 0 saturated carbocycles. The molecule has 8 heteroatoms. The monoisotopic (exact) mass is 453 g/mol. The van der Waals surface area contributed by atoms with Gasteiger partial charge >= 0.3 is 0 Å². The molecule has 2 aromatic carbocycles. The van der Waals surface area contributed by atoms with Gasteiger partial charge in [-0.15, -0.1) is 11.3 Å². The van der Waals surface area contributed by atoms with Crippen molar-refractivity contribution < 1.29 is 13.2 Å². The maximum absolute atomic E-state index is 13.0. The number of carbonyl (C=O) groups excluding carboxylic acids is 1. The lowest BCUT2D eigenvalue weighted by atomic mass is 10.1. The first-order valence-electron chi connectivity index (χ1n) is 9.80. The highest BCUT2D eigenvalue weighted by Crippen LogP contribution is 2.25. The molecule has 4 aromatic rings. The van der Waals surface area contributed by atoms with Crippen LogP contribution < -0.4 is 0 Å². The van der Waals surface area contributed by atoms with Crippen molar-refractivity contribution in [2.24, 2.45) is 0 Å². The Morgan fingerprint density at radius 3 is 2.45 bits per heavy atom. The molecule has 0 fully saturated rings. The molecular formula is C23H23N3O3S2. The lowest BCUT2D eigenvalue weighted by Gasteiger charge is -2.25. The van der Waals surface area contributed by atoms with Crippen LogP contribution in [0.3, 0.4) is 0 Å². The van der Waals surface area contributed by atoms with Crippen molar-refractivity contribution in [3.63, 3.8) is 0 Å². The van der Waals surface area contributed by atoms with Crippen LogP contribution in [-0.2, 0) is 21.1 Å². The Morgan fingerprint density at radius 2 is 1.81 bits per heavy atom. The van der Waals surface area contributed by atoms with Gasteiger partial charge in [-0.1, -0.05) is 42.5 Å². The summed E-state index contributed by atoms with van der Waals surface area (Å²) in [5.74, 6) is -0.0191. The van der Waals surface area contributed by atoms with Crippen LogP contribution in [0.1, 0.15) is 24.2 Å². The fraction of sp³-hybridized carbons (Fsp3) is 0.217. The van der Waals surface area contributed by atoms with Crippen LogP contribution >= 0.6 is 11.3 Å². The van der Waals surface area contributed by atoms with Gasteiger partial charge in [0.2, 0.25) is 5.91 Å². The molecule has 1 unspecified atom stereocenters. The Labute approximate surface area is 185 Å². The maximum Gasteiger partial charge on any atom is 0.228 e. The Hall–Kier alpha value is -2.97. The average molecular weight is 454 g/mol. The molecule has 0 radical (unpaired) electrons. The van der Waals surface area contributed by atoms with Crippen LogP contribution in [-0.4, -0.2) is 41.9 Å². The van der Waals surface area contributed by atoms with Gasteiger partial charge in [-0.05, 0) is 24.6 Å². The molecule has 0 N–H and O–H groups in total. The number of carbonyl (C=O) groups is 1. The molecule has 1 amide bonds. The number of thiazole rings is 1. The number of sulfone groups is 1. The summed E-state index contributed by atoms with van der Waals surface area (Å²) in [6, 6.07) is 16.5. The first kappa shape index (κ1) is 21.3. The summed E-state index contributed by atoms with van der Waals surface area (Å²) >= 11 is 1.52. The first-order chi connectivity index (χ1) is 14.7. The predicted molar refractivity (Wildman–Crippen MR) is 123 cm³/mol. The first-order valence-corrected chi connectivity index (χ1v) is 12.6. The minimum absolute atomic E-state index is 0.0191. The Morgan fingerprint density at radius 1 is 1.13 bits per heavy atom. The van der Waals surface area contributed by atoms with Crippen molar-refractivity contribution >= 4 is 32.0 Å². The third-order valence-electron chi connectivity index (χ3n) is 5.45. The number of fused-ring (bicyclic) bond motifs is 1. The largest absolute Gasteiger partial charge is 0.339 e. The van der Waals surface area contributed by atoms with E-state index in [9.17, 15) is 13.2 Å². The lowest BCUT2D eigenvalue weighted by Crippen LogP contribution is -2.31. The minimum Gasteiger partial charge on any atom is -0.339 e. The van der Waals surface area contributed by atoms with E-state index in [4.69, 9.17) is 0 Å². The van der Waals surface area contributed by atoms with E-state index in [0.717, 1.165) is 27.5 Å². The number of nitrogens with zero attached hydrogens (tertiary/aromatic N) is 3. The molecule has 0 aliphatic carbocycles. The van der Waals surface area contributed by atoms with Gasteiger partial charge in [0, 0.05) is 36.1 Å². The number of rotatable bonds is 6.